The number of nitrogens with zero attached hydrogens (tertiary/aromatic N) is 2. The summed E-state index contributed by atoms with van der Waals surface area (Å²) in [6, 6.07) is 0. The van der Waals surface area contributed by atoms with Gasteiger partial charge >= 0.3 is 5.97 Å². The molecule has 2 bridgehead atoms. The van der Waals surface area contributed by atoms with Crippen molar-refractivity contribution in [3.63, 3.8) is 0 Å². The molecule has 0 radical (unpaired) electrons. The highest BCUT2D eigenvalue weighted by molar-refractivity contribution is 6.30. The first-order valence-electron chi connectivity index (χ1n) is 6.90. The van der Waals surface area contributed by atoms with Crippen molar-refractivity contribution < 1.29 is 19.4 Å². The van der Waals surface area contributed by atoms with E-state index in [1.165, 1.54) is 6.20 Å². The molecule has 2 aliphatic rings. The fraction of sp³-hybridized carbons (Fsp3) is 0.615. The maximum absolute atomic E-state index is 12.2. The first kappa shape index (κ1) is 14.3. The Kier molecular flexibility index (Phi) is 3.86. The van der Waals surface area contributed by atoms with Gasteiger partial charge in [0, 0.05) is 12.7 Å². The van der Waals surface area contributed by atoms with E-state index >= 15 is 0 Å². The predicted octanol–water partition coefficient (Wildman–Crippen LogP) is 0.531. The number of carboxylic acids is 1. The van der Waals surface area contributed by atoms with Gasteiger partial charge in [0.05, 0.1) is 41.8 Å². The van der Waals surface area contributed by atoms with Gasteiger partial charge in [-0.1, -0.05) is 11.6 Å². The van der Waals surface area contributed by atoms with Gasteiger partial charge in [-0.05, 0) is 12.8 Å². The Hall–Kier alpha value is -1.60. The lowest BCUT2D eigenvalue weighted by Crippen LogP contribution is -2.44. The van der Waals surface area contributed by atoms with Gasteiger partial charge in [0.2, 0.25) is 5.91 Å². The molecular weight excluding hydrogens is 298 g/mol. The number of carbonyl (C=O) groups excluding carboxylic acids is 1. The number of nitrogens with one attached hydrogen (secondary N) is 1. The van der Waals surface area contributed by atoms with Gasteiger partial charge in [0.1, 0.15) is 0 Å². The summed E-state index contributed by atoms with van der Waals surface area (Å²) in [5, 5.41) is 16.6. The first-order valence-corrected chi connectivity index (χ1v) is 7.28. The van der Waals surface area contributed by atoms with Crippen molar-refractivity contribution in [1.29, 1.82) is 0 Å². The maximum Gasteiger partial charge on any atom is 0.310 e. The highest BCUT2D eigenvalue weighted by Crippen LogP contribution is 2.43. The molecule has 0 unspecified atom stereocenters. The van der Waals surface area contributed by atoms with Crippen LogP contribution in [0.5, 0.6) is 0 Å². The van der Waals surface area contributed by atoms with Crippen LogP contribution >= 0.6 is 11.6 Å². The van der Waals surface area contributed by atoms with E-state index < -0.39 is 17.8 Å². The minimum absolute atomic E-state index is 0.257. The topological polar surface area (TPSA) is 93.4 Å². The van der Waals surface area contributed by atoms with Crippen LogP contribution in [0.1, 0.15) is 12.8 Å². The van der Waals surface area contributed by atoms with Gasteiger partial charge in [-0.15, -0.1) is 0 Å². The monoisotopic (exact) mass is 313 g/mol. The zero-order chi connectivity index (χ0) is 15.0. The maximum atomic E-state index is 12.2. The molecule has 1 aromatic heterocycles. The van der Waals surface area contributed by atoms with Gasteiger partial charge in [0.15, 0.2) is 0 Å². The van der Waals surface area contributed by atoms with E-state index in [4.69, 9.17) is 16.3 Å². The summed E-state index contributed by atoms with van der Waals surface area (Å²) in [6.45, 7) is 0.856. The van der Waals surface area contributed by atoms with Crippen LogP contribution < -0.4 is 5.32 Å². The van der Waals surface area contributed by atoms with E-state index in [2.05, 4.69) is 10.4 Å². The SMILES string of the molecule is O=C(O)[C@@H]1[C@@H](C(=O)NCCn2cc(Cl)cn2)[C@@H]2CC[C@@H]1O2. The number of amides is 1. The van der Waals surface area contributed by atoms with Gasteiger partial charge in [-0.2, -0.15) is 5.10 Å². The van der Waals surface area contributed by atoms with Crippen LogP contribution in [0.25, 0.3) is 0 Å². The summed E-state index contributed by atoms with van der Waals surface area (Å²) in [5.74, 6) is -2.54. The number of fused-ring (bicyclic) bond motifs is 2. The molecule has 7 nitrogen and oxygen atoms in total. The van der Waals surface area contributed by atoms with Crippen molar-refractivity contribution in [2.45, 2.75) is 31.6 Å². The van der Waals surface area contributed by atoms with Crippen molar-refractivity contribution >= 4 is 23.5 Å². The molecule has 0 aromatic carbocycles. The molecule has 0 saturated carbocycles. The van der Waals surface area contributed by atoms with Crippen LogP contribution in [0.2, 0.25) is 5.02 Å². The minimum atomic E-state index is -0.957. The fourth-order valence-corrected chi connectivity index (χ4v) is 3.35. The normalized spacial score (nSPS) is 30.5. The van der Waals surface area contributed by atoms with E-state index in [1.54, 1.807) is 10.9 Å². The molecule has 1 aromatic rings. The van der Waals surface area contributed by atoms with Gasteiger partial charge in [0.25, 0.3) is 0 Å². The molecule has 21 heavy (non-hydrogen) atoms. The summed E-state index contributed by atoms with van der Waals surface area (Å²) in [4.78, 5) is 23.6. The predicted molar refractivity (Wildman–Crippen MR) is 72.8 cm³/mol. The molecule has 2 fully saturated rings. The number of carboxylic acid groups (broad SMARTS) is 1. The van der Waals surface area contributed by atoms with E-state index in [9.17, 15) is 14.7 Å². The van der Waals surface area contributed by atoms with E-state index in [0.29, 0.717) is 18.1 Å². The molecule has 3 heterocycles. The minimum Gasteiger partial charge on any atom is -0.481 e. The van der Waals surface area contributed by atoms with Crippen LogP contribution in [0.3, 0.4) is 0 Å². The quantitative estimate of drug-likeness (QED) is 0.827. The summed E-state index contributed by atoms with van der Waals surface area (Å²) in [6.07, 6.45) is 4.06. The standard InChI is InChI=1S/C13H16ClN3O4/c14-7-5-16-17(6-7)4-3-15-12(18)10-8-1-2-9(21-8)11(10)13(19)20/h5-6,8-11H,1-4H2,(H,15,18)(H,19,20)/t8-,9-,10-,11-/m0/s1. The lowest BCUT2D eigenvalue weighted by molar-refractivity contribution is -0.147. The molecule has 2 N–H and O–H groups in total. The summed E-state index contributed by atoms with van der Waals surface area (Å²) in [5.41, 5.74) is 0. The van der Waals surface area contributed by atoms with Crippen molar-refractivity contribution in [3.8, 4) is 0 Å². The number of hydrogen-bond acceptors (Lipinski definition) is 4. The molecule has 0 aliphatic carbocycles. The summed E-state index contributed by atoms with van der Waals surface area (Å²) >= 11 is 5.75. The van der Waals surface area contributed by atoms with Gasteiger partial charge in [-0.3, -0.25) is 14.3 Å². The van der Waals surface area contributed by atoms with Crippen molar-refractivity contribution in [2.24, 2.45) is 11.8 Å². The Morgan fingerprint density at radius 1 is 1.43 bits per heavy atom. The van der Waals surface area contributed by atoms with E-state index in [0.717, 1.165) is 12.8 Å². The first-order chi connectivity index (χ1) is 10.1. The highest BCUT2D eigenvalue weighted by atomic mass is 35.5. The van der Waals surface area contributed by atoms with Gasteiger partial charge < -0.3 is 15.2 Å². The second-order valence-electron chi connectivity index (χ2n) is 5.39. The molecule has 1 amide bonds. The largest absolute Gasteiger partial charge is 0.481 e. The van der Waals surface area contributed by atoms with Crippen molar-refractivity contribution in [3.05, 3.63) is 17.4 Å². The molecule has 2 saturated heterocycles. The van der Waals surface area contributed by atoms with Crippen molar-refractivity contribution in [2.75, 3.05) is 6.54 Å². The smallest absolute Gasteiger partial charge is 0.310 e. The Bertz CT molecular complexity index is 561. The van der Waals surface area contributed by atoms with E-state index in [1.807, 2.05) is 0 Å². The number of ether oxygens (including phenoxy) is 1. The lowest BCUT2D eigenvalue weighted by Gasteiger charge is -2.23. The zero-order valence-corrected chi connectivity index (χ0v) is 12.0. The van der Waals surface area contributed by atoms with Crippen molar-refractivity contribution in [1.82, 2.24) is 15.1 Å². The lowest BCUT2D eigenvalue weighted by atomic mass is 9.79. The second-order valence-corrected chi connectivity index (χ2v) is 5.83. The Morgan fingerprint density at radius 3 is 2.76 bits per heavy atom. The third-order valence-electron chi connectivity index (χ3n) is 4.10. The number of rotatable bonds is 5. The van der Waals surface area contributed by atoms with Crippen LogP contribution in [0, 0.1) is 11.8 Å². The summed E-state index contributed by atoms with van der Waals surface area (Å²) in [7, 11) is 0. The van der Waals surface area contributed by atoms with Crippen LogP contribution in [0.15, 0.2) is 12.4 Å². The van der Waals surface area contributed by atoms with Crippen LogP contribution in [-0.4, -0.2) is 45.5 Å². The molecule has 114 valence electrons. The Labute approximate surface area is 126 Å². The fourth-order valence-electron chi connectivity index (χ4n) is 3.20. The Morgan fingerprint density at radius 2 is 2.14 bits per heavy atom. The number of carbonyl (C=O) groups is 2. The number of halogens is 1. The highest BCUT2D eigenvalue weighted by Gasteiger charge is 2.55. The molecule has 3 rings (SSSR count). The summed E-state index contributed by atoms with van der Waals surface area (Å²) < 4.78 is 7.19. The molecular formula is C13H16ClN3O4. The molecule has 4 atom stereocenters. The average Bonchev–Trinajstić information content (AvgIpc) is 3.13. The molecule has 0 spiro atoms. The second kappa shape index (κ2) is 5.65. The number of aromatic nitrogens is 2. The number of aliphatic carboxylic acids is 1. The van der Waals surface area contributed by atoms with Crippen LogP contribution in [0.4, 0.5) is 0 Å². The van der Waals surface area contributed by atoms with Gasteiger partial charge in [-0.25, -0.2) is 0 Å². The molecule has 8 heteroatoms. The average molecular weight is 314 g/mol. The Balaban J connectivity index is 1.56. The zero-order valence-electron chi connectivity index (χ0n) is 11.2. The molecule has 2 aliphatic heterocycles. The third kappa shape index (κ3) is 2.75. The number of hydrogen-bond donors (Lipinski definition) is 2. The third-order valence-corrected chi connectivity index (χ3v) is 4.30. The van der Waals surface area contributed by atoms with E-state index in [-0.39, 0.29) is 18.1 Å². The van der Waals surface area contributed by atoms with Crippen LogP contribution in [-0.2, 0) is 20.9 Å².